The number of hydrogen-bond donors (Lipinski definition) is 2. The van der Waals surface area contributed by atoms with E-state index in [2.05, 4.69) is 34.4 Å². The van der Waals surface area contributed by atoms with Crippen LogP contribution in [0.5, 0.6) is 11.5 Å². The molecule has 0 fully saturated rings. The number of anilines is 3. The first-order valence-electron chi connectivity index (χ1n) is 8.13. The van der Waals surface area contributed by atoms with Crippen molar-refractivity contribution in [1.29, 1.82) is 0 Å². The second-order valence-electron chi connectivity index (χ2n) is 5.91. The molecule has 130 valence electrons. The molecule has 0 amide bonds. The Morgan fingerprint density at radius 3 is 2.40 bits per heavy atom. The van der Waals surface area contributed by atoms with Gasteiger partial charge >= 0.3 is 0 Å². The van der Waals surface area contributed by atoms with Crippen molar-refractivity contribution in [3.05, 3.63) is 42.5 Å². The van der Waals surface area contributed by atoms with E-state index in [1.165, 1.54) is 0 Å². The van der Waals surface area contributed by atoms with Gasteiger partial charge in [0, 0.05) is 23.2 Å². The van der Waals surface area contributed by atoms with Crippen molar-refractivity contribution in [1.82, 2.24) is 9.97 Å². The Hall–Kier alpha value is -3.02. The number of aromatic nitrogens is 2. The van der Waals surface area contributed by atoms with Crippen molar-refractivity contribution in [2.24, 2.45) is 0 Å². The number of nitrogens with one attached hydrogen (secondary N) is 2. The molecule has 1 heterocycles. The van der Waals surface area contributed by atoms with Gasteiger partial charge in [0.15, 0.2) is 11.5 Å². The summed E-state index contributed by atoms with van der Waals surface area (Å²) >= 11 is 0. The van der Waals surface area contributed by atoms with Gasteiger partial charge in [-0.1, -0.05) is 12.1 Å². The summed E-state index contributed by atoms with van der Waals surface area (Å²) in [5.41, 5.74) is 1.70. The fourth-order valence-corrected chi connectivity index (χ4v) is 2.56. The van der Waals surface area contributed by atoms with Crippen molar-refractivity contribution in [2.75, 3.05) is 24.9 Å². The monoisotopic (exact) mass is 338 g/mol. The maximum atomic E-state index is 5.34. The van der Waals surface area contributed by atoms with Gasteiger partial charge < -0.3 is 20.1 Å². The minimum absolute atomic E-state index is 0.271. The number of methoxy groups -OCH3 is 2. The number of rotatable bonds is 6. The molecule has 0 saturated heterocycles. The third kappa shape index (κ3) is 3.74. The van der Waals surface area contributed by atoms with Gasteiger partial charge in [-0.05, 0) is 38.1 Å². The molecule has 3 rings (SSSR count). The number of benzene rings is 2. The molecule has 0 saturated carbocycles. The number of hydrogen-bond acceptors (Lipinski definition) is 6. The lowest BCUT2D eigenvalue weighted by atomic mass is 10.2. The van der Waals surface area contributed by atoms with Gasteiger partial charge in [0.25, 0.3) is 0 Å². The van der Waals surface area contributed by atoms with E-state index >= 15 is 0 Å². The smallest absolute Gasteiger partial charge is 0.229 e. The molecule has 0 aliphatic rings. The van der Waals surface area contributed by atoms with Gasteiger partial charge in [0.05, 0.1) is 19.7 Å². The van der Waals surface area contributed by atoms with Crippen LogP contribution < -0.4 is 20.1 Å². The zero-order valence-corrected chi connectivity index (χ0v) is 14.8. The van der Waals surface area contributed by atoms with Gasteiger partial charge in [-0.15, -0.1) is 0 Å². The van der Waals surface area contributed by atoms with Gasteiger partial charge in [0.1, 0.15) is 5.82 Å². The maximum Gasteiger partial charge on any atom is 0.229 e. The molecule has 6 nitrogen and oxygen atoms in total. The lowest BCUT2D eigenvalue weighted by Crippen LogP contribution is -2.12. The summed E-state index contributed by atoms with van der Waals surface area (Å²) < 4.78 is 10.6. The molecule has 0 atom stereocenters. The van der Waals surface area contributed by atoms with Crippen molar-refractivity contribution in [3.63, 3.8) is 0 Å². The predicted octanol–water partition coefficient (Wildman–Crippen LogP) is 4.21. The first-order valence-corrected chi connectivity index (χ1v) is 8.13. The highest BCUT2D eigenvalue weighted by Crippen LogP contribution is 2.31. The highest BCUT2D eigenvalue weighted by Gasteiger charge is 2.10. The van der Waals surface area contributed by atoms with Crippen LogP contribution in [0.25, 0.3) is 10.9 Å². The van der Waals surface area contributed by atoms with Crippen molar-refractivity contribution in [2.45, 2.75) is 19.9 Å². The summed E-state index contributed by atoms with van der Waals surface area (Å²) in [6, 6.07) is 13.8. The second kappa shape index (κ2) is 7.25. The first kappa shape index (κ1) is 16.8. The van der Waals surface area contributed by atoms with Gasteiger partial charge in [-0.3, -0.25) is 0 Å². The van der Waals surface area contributed by atoms with Crippen LogP contribution in [0, 0.1) is 0 Å². The lowest BCUT2D eigenvalue weighted by Gasteiger charge is -2.14. The van der Waals surface area contributed by atoms with Crippen LogP contribution in [0.2, 0.25) is 0 Å². The quantitative estimate of drug-likeness (QED) is 0.702. The highest BCUT2D eigenvalue weighted by molar-refractivity contribution is 5.90. The van der Waals surface area contributed by atoms with Gasteiger partial charge in [-0.2, -0.15) is 4.98 Å². The topological polar surface area (TPSA) is 68.3 Å². The van der Waals surface area contributed by atoms with E-state index in [1.807, 2.05) is 42.5 Å². The Morgan fingerprint density at radius 1 is 0.920 bits per heavy atom. The lowest BCUT2D eigenvalue weighted by molar-refractivity contribution is 0.355. The molecular formula is C19H22N4O2. The minimum atomic E-state index is 0.271. The fraction of sp³-hybridized carbons (Fsp3) is 0.263. The third-order valence-electron chi connectivity index (χ3n) is 3.67. The van der Waals surface area contributed by atoms with E-state index in [0.717, 1.165) is 22.4 Å². The zero-order valence-electron chi connectivity index (χ0n) is 14.8. The molecule has 0 aliphatic heterocycles. The van der Waals surface area contributed by atoms with Crippen LogP contribution in [0.15, 0.2) is 42.5 Å². The fourth-order valence-electron chi connectivity index (χ4n) is 2.56. The Morgan fingerprint density at radius 2 is 1.68 bits per heavy atom. The van der Waals surface area contributed by atoms with Crippen LogP contribution in [-0.4, -0.2) is 30.2 Å². The Bertz CT molecular complexity index is 880. The number of ether oxygens (including phenoxy) is 2. The standard InChI is InChI=1S/C19H22N4O2/c1-12(2)20-18-14-7-5-6-8-15(14)22-19(23-18)21-13-9-10-16(24-3)17(11-13)25-4/h5-12H,1-4H3,(H2,20,21,22,23). The maximum absolute atomic E-state index is 5.34. The molecule has 2 aromatic carbocycles. The number of para-hydroxylation sites is 1. The van der Waals surface area contributed by atoms with Crippen molar-refractivity contribution in [3.8, 4) is 11.5 Å². The van der Waals surface area contributed by atoms with E-state index in [0.29, 0.717) is 17.4 Å². The molecule has 0 aliphatic carbocycles. The molecule has 25 heavy (non-hydrogen) atoms. The van der Waals surface area contributed by atoms with Crippen LogP contribution in [-0.2, 0) is 0 Å². The summed E-state index contributed by atoms with van der Waals surface area (Å²) in [7, 11) is 3.22. The average molecular weight is 338 g/mol. The van der Waals surface area contributed by atoms with E-state index < -0.39 is 0 Å². The van der Waals surface area contributed by atoms with E-state index in [9.17, 15) is 0 Å². The molecule has 0 unspecified atom stereocenters. The molecule has 3 aromatic rings. The number of fused-ring (bicyclic) bond motifs is 1. The average Bonchev–Trinajstić information content (AvgIpc) is 2.61. The van der Waals surface area contributed by atoms with Crippen LogP contribution in [0.4, 0.5) is 17.5 Å². The van der Waals surface area contributed by atoms with E-state index in [1.54, 1.807) is 14.2 Å². The minimum Gasteiger partial charge on any atom is -0.493 e. The molecule has 6 heteroatoms. The van der Waals surface area contributed by atoms with Gasteiger partial charge in [0.2, 0.25) is 5.95 Å². The SMILES string of the molecule is COc1ccc(Nc2nc(NC(C)C)c3ccccc3n2)cc1OC. The molecule has 0 spiro atoms. The normalized spacial score (nSPS) is 10.8. The van der Waals surface area contributed by atoms with E-state index in [-0.39, 0.29) is 6.04 Å². The Labute approximate surface area is 147 Å². The largest absolute Gasteiger partial charge is 0.493 e. The zero-order chi connectivity index (χ0) is 17.8. The van der Waals surface area contributed by atoms with Crippen LogP contribution in [0.3, 0.4) is 0 Å². The van der Waals surface area contributed by atoms with Crippen molar-refractivity contribution < 1.29 is 9.47 Å². The summed E-state index contributed by atoms with van der Waals surface area (Å²) in [5.74, 6) is 2.65. The summed E-state index contributed by atoms with van der Waals surface area (Å²) in [5, 5.41) is 7.61. The number of nitrogens with zero attached hydrogens (tertiary/aromatic N) is 2. The summed E-state index contributed by atoms with van der Waals surface area (Å²) in [6.45, 7) is 4.16. The molecular weight excluding hydrogens is 316 g/mol. The Balaban J connectivity index is 1.98. The molecule has 1 aromatic heterocycles. The van der Waals surface area contributed by atoms with Crippen LogP contribution in [0.1, 0.15) is 13.8 Å². The molecule has 0 bridgehead atoms. The van der Waals surface area contributed by atoms with Crippen LogP contribution >= 0.6 is 0 Å². The first-order chi connectivity index (χ1) is 12.1. The molecule has 2 N–H and O–H groups in total. The van der Waals surface area contributed by atoms with Crippen molar-refractivity contribution >= 4 is 28.4 Å². The third-order valence-corrected chi connectivity index (χ3v) is 3.67. The summed E-state index contributed by atoms with van der Waals surface area (Å²) in [4.78, 5) is 9.23. The second-order valence-corrected chi connectivity index (χ2v) is 5.91. The van der Waals surface area contributed by atoms with Gasteiger partial charge in [-0.25, -0.2) is 4.98 Å². The predicted molar refractivity (Wildman–Crippen MR) is 101 cm³/mol. The molecule has 0 radical (unpaired) electrons. The highest BCUT2D eigenvalue weighted by atomic mass is 16.5. The summed E-state index contributed by atoms with van der Waals surface area (Å²) in [6.07, 6.45) is 0. The Kier molecular flexibility index (Phi) is 4.88. The van der Waals surface area contributed by atoms with E-state index in [4.69, 9.17) is 9.47 Å².